The SMILES string of the molecule is Cn1nc(C(=O)NN[C@H]2CC(=O)N(c3ccc(Br)cc3)C2=O)c2ccccc2c1=O. The Morgan fingerprint density at radius 1 is 1.07 bits per heavy atom. The zero-order valence-electron chi connectivity index (χ0n) is 15.8. The Morgan fingerprint density at radius 3 is 2.43 bits per heavy atom. The summed E-state index contributed by atoms with van der Waals surface area (Å²) in [5, 5.41) is 4.79. The number of imide groups is 1. The van der Waals surface area contributed by atoms with E-state index in [1.54, 1.807) is 48.5 Å². The van der Waals surface area contributed by atoms with Gasteiger partial charge in [-0.15, -0.1) is 0 Å². The van der Waals surface area contributed by atoms with E-state index in [9.17, 15) is 19.2 Å². The number of nitrogens with one attached hydrogen (secondary N) is 2. The first-order chi connectivity index (χ1) is 14.4. The molecule has 1 aliphatic heterocycles. The van der Waals surface area contributed by atoms with E-state index in [4.69, 9.17) is 0 Å². The highest BCUT2D eigenvalue weighted by Crippen LogP contribution is 2.24. The minimum absolute atomic E-state index is 0.0294. The number of aryl methyl sites for hydroxylation is 1. The number of nitrogens with zero attached hydrogens (tertiary/aromatic N) is 3. The van der Waals surface area contributed by atoms with Gasteiger partial charge in [0, 0.05) is 16.9 Å². The number of benzene rings is 2. The molecular formula is C20H16BrN5O4. The van der Waals surface area contributed by atoms with Crippen LogP contribution in [0.5, 0.6) is 0 Å². The molecule has 4 rings (SSSR count). The van der Waals surface area contributed by atoms with E-state index in [-0.39, 0.29) is 23.6 Å². The van der Waals surface area contributed by atoms with Gasteiger partial charge in [0.1, 0.15) is 6.04 Å². The molecule has 3 amide bonds. The number of fused-ring (bicyclic) bond motifs is 1. The summed E-state index contributed by atoms with van der Waals surface area (Å²) in [6.45, 7) is 0. The number of anilines is 1. The van der Waals surface area contributed by atoms with Crippen molar-refractivity contribution in [2.24, 2.45) is 7.05 Å². The summed E-state index contributed by atoms with van der Waals surface area (Å²) < 4.78 is 1.90. The van der Waals surface area contributed by atoms with Crippen molar-refractivity contribution >= 4 is 50.1 Å². The van der Waals surface area contributed by atoms with Crippen LogP contribution in [-0.4, -0.2) is 33.5 Å². The molecule has 2 heterocycles. The van der Waals surface area contributed by atoms with Crippen LogP contribution >= 0.6 is 15.9 Å². The Hall–Kier alpha value is -3.37. The lowest BCUT2D eigenvalue weighted by Gasteiger charge is -2.16. The topological polar surface area (TPSA) is 113 Å². The lowest BCUT2D eigenvalue weighted by molar-refractivity contribution is -0.121. The van der Waals surface area contributed by atoms with Crippen molar-refractivity contribution in [1.82, 2.24) is 20.6 Å². The minimum Gasteiger partial charge on any atom is -0.285 e. The molecule has 9 nitrogen and oxygen atoms in total. The predicted octanol–water partition coefficient (Wildman–Crippen LogP) is 1.26. The first kappa shape index (κ1) is 19.9. The summed E-state index contributed by atoms with van der Waals surface area (Å²) in [5.41, 5.74) is 5.22. The van der Waals surface area contributed by atoms with Gasteiger partial charge in [-0.2, -0.15) is 5.10 Å². The van der Waals surface area contributed by atoms with Crippen molar-refractivity contribution in [3.63, 3.8) is 0 Å². The normalized spacial score (nSPS) is 16.3. The minimum atomic E-state index is -0.913. The predicted molar refractivity (Wildman–Crippen MR) is 113 cm³/mol. The fourth-order valence-electron chi connectivity index (χ4n) is 3.29. The molecule has 0 spiro atoms. The maximum atomic E-state index is 12.7. The summed E-state index contributed by atoms with van der Waals surface area (Å²) in [4.78, 5) is 51.0. The third-order valence-electron chi connectivity index (χ3n) is 4.76. The molecule has 1 fully saturated rings. The highest BCUT2D eigenvalue weighted by molar-refractivity contribution is 9.10. The van der Waals surface area contributed by atoms with E-state index in [0.717, 1.165) is 14.1 Å². The fourth-order valence-corrected chi connectivity index (χ4v) is 3.55. The van der Waals surface area contributed by atoms with Crippen LogP contribution in [0.1, 0.15) is 16.9 Å². The quantitative estimate of drug-likeness (QED) is 0.439. The van der Waals surface area contributed by atoms with E-state index in [1.807, 2.05) is 0 Å². The Labute approximate surface area is 178 Å². The van der Waals surface area contributed by atoms with E-state index in [1.165, 1.54) is 7.05 Å². The number of carbonyl (C=O) groups is 3. The zero-order chi connectivity index (χ0) is 21.4. The average Bonchev–Trinajstić information content (AvgIpc) is 3.03. The molecule has 0 saturated carbocycles. The lowest BCUT2D eigenvalue weighted by atomic mass is 10.1. The van der Waals surface area contributed by atoms with Crippen LogP contribution in [-0.2, 0) is 16.6 Å². The van der Waals surface area contributed by atoms with E-state index < -0.39 is 17.9 Å². The molecule has 1 atom stereocenters. The molecule has 10 heteroatoms. The molecular weight excluding hydrogens is 454 g/mol. The second-order valence-electron chi connectivity index (χ2n) is 6.72. The maximum absolute atomic E-state index is 12.7. The molecule has 0 unspecified atom stereocenters. The highest BCUT2D eigenvalue weighted by Gasteiger charge is 2.39. The average molecular weight is 470 g/mol. The Bertz CT molecular complexity index is 1240. The van der Waals surface area contributed by atoms with Crippen molar-refractivity contribution in [2.75, 3.05) is 4.90 Å². The molecule has 0 bridgehead atoms. The van der Waals surface area contributed by atoms with Gasteiger partial charge in [-0.3, -0.25) is 24.6 Å². The van der Waals surface area contributed by atoms with Crippen LogP contribution in [0.4, 0.5) is 5.69 Å². The summed E-state index contributed by atoms with van der Waals surface area (Å²) in [7, 11) is 1.45. The van der Waals surface area contributed by atoms with Crippen LogP contribution in [0.3, 0.4) is 0 Å². The smallest absolute Gasteiger partial charge is 0.285 e. The first-order valence-corrected chi connectivity index (χ1v) is 9.80. The van der Waals surface area contributed by atoms with E-state index >= 15 is 0 Å². The Morgan fingerprint density at radius 2 is 1.73 bits per heavy atom. The van der Waals surface area contributed by atoms with Gasteiger partial charge in [0.2, 0.25) is 5.91 Å². The van der Waals surface area contributed by atoms with Crippen LogP contribution in [0.15, 0.2) is 57.8 Å². The summed E-state index contributed by atoms with van der Waals surface area (Å²) in [6, 6.07) is 12.5. The van der Waals surface area contributed by atoms with Crippen LogP contribution < -0.4 is 21.3 Å². The lowest BCUT2D eigenvalue weighted by Crippen LogP contribution is -2.48. The number of amides is 3. The Kier molecular flexibility index (Phi) is 5.18. The van der Waals surface area contributed by atoms with Gasteiger partial charge in [-0.05, 0) is 30.3 Å². The van der Waals surface area contributed by atoms with Crippen LogP contribution in [0.2, 0.25) is 0 Å². The van der Waals surface area contributed by atoms with Crippen LogP contribution in [0, 0.1) is 0 Å². The zero-order valence-corrected chi connectivity index (χ0v) is 17.3. The summed E-state index contributed by atoms with van der Waals surface area (Å²) in [5.74, 6) is -1.47. The number of aromatic nitrogens is 2. The standard InChI is InChI=1S/C20H16BrN5O4/c1-25-19(29)14-5-3-2-4-13(14)17(24-25)18(28)23-22-15-10-16(27)26(20(15)30)12-8-6-11(21)7-9-12/h2-9,15,22H,10H2,1H3,(H,23,28)/t15-/m0/s1. The van der Waals surface area contributed by atoms with Crippen molar-refractivity contribution in [1.29, 1.82) is 0 Å². The largest absolute Gasteiger partial charge is 0.286 e. The van der Waals surface area contributed by atoms with Gasteiger partial charge < -0.3 is 0 Å². The number of hydrogen-bond acceptors (Lipinski definition) is 6. The monoisotopic (exact) mass is 469 g/mol. The highest BCUT2D eigenvalue weighted by atomic mass is 79.9. The molecule has 1 aliphatic rings. The number of rotatable bonds is 4. The van der Waals surface area contributed by atoms with E-state index in [0.29, 0.717) is 16.5 Å². The molecule has 2 aromatic carbocycles. The van der Waals surface area contributed by atoms with E-state index in [2.05, 4.69) is 31.9 Å². The molecule has 2 N–H and O–H groups in total. The van der Waals surface area contributed by atoms with Gasteiger partial charge in [0.05, 0.1) is 17.5 Å². The van der Waals surface area contributed by atoms with Gasteiger partial charge in [0.15, 0.2) is 5.69 Å². The molecule has 1 aromatic heterocycles. The second-order valence-corrected chi connectivity index (χ2v) is 7.64. The number of hydrogen-bond donors (Lipinski definition) is 2. The number of halogens is 1. The molecule has 0 aliphatic carbocycles. The number of carbonyl (C=O) groups excluding carboxylic acids is 3. The molecule has 3 aromatic rings. The third-order valence-corrected chi connectivity index (χ3v) is 5.29. The first-order valence-electron chi connectivity index (χ1n) is 9.01. The third kappa shape index (κ3) is 3.51. The molecule has 152 valence electrons. The fraction of sp³-hybridized carbons (Fsp3) is 0.150. The summed E-state index contributed by atoms with van der Waals surface area (Å²) in [6.07, 6.45) is -0.101. The van der Waals surface area contributed by atoms with Gasteiger partial charge in [-0.25, -0.2) is 15.0 Å². The van der Waals surface area contributed by atoms with Crippen molar-refractivity contribution in [2.45, 2.75) is 12.5 Å². The van der Waals surface area contributed by atoms with Crippen LogP contribution in [0.25, 0.3) is 10.8 Å². The van der Waals surface area contributed by atoms with Gasteiger partial charge >= 0.3 is 0 Å². The van der Waals surface area contributed by atoms with Crippen molar-refractivity contribution < 1.29 is 14.4 Å². The molecule has 0 radical (unpaired) electrons. The van der Waals surface area contributed by atoms with Gasteiger partial charge in [-0.1, -0.05) is 34.1 Å². The summed E-state index contributed by atoms with van der Waals surface area (Å²) >= 11 is 3.31. The maximum Gasteiger partial charge on any atom is 0.286 e. The van der Waals surface area contributed by atoms with Crippen molar-refractivity contribution in [3.05, 3.63) is 69.1 Å². The van der Waals surface area contributed by atoms with Gasteiger partial charge in [0.25, 0.3) is 17.4 Å². The molecule has 1 saturated heterocycles. The number of hydrazine groups is 1. The molecule has 30 heavy (non-hydrogen) atoms. The van der Waals surface area contributed by atoms with Crippen molar-refractivity contribution in [3.8, 4) is 0 Å². The second kappa shape index (κ2) is 7.81. The Balaban J connectivity index is 1.52.